The van der Waals surface area contributed by atoms with E-state index in [1.165, 1.54) is 5.39 Å². The van der Waals surface area contributed by atoms with Crippen molar-refractivity contribution in [2.45, 2.75) is 6.92 Å². The predicted octanol–water partition coefficient (Wildman–Crippen LogP) is 11.9. The van der Waals surface area contributed by atoms with E-state index < -0.39 is 0 Å². The number of benzene rings is 6. The number of hydrogen-bond donors (Lipinski definition) is 0. The standard InChI is InChI=1S/C46H32N4O/c1-3-4-18-36-30(2)50(40-21-12-11-19-37(36)40)41-22-13-20-39-38-28-27-35(29-42(38)51-43(39)41)46-48-44(33-16-9-6-10-17-33)47-45(49-46)34-25-23-32(24-26-34)31-14-7-5-8-15-31/h3-29H,1H2,2H3/b18-4-. The van der Waals surface area contributed by atoms with E-state index in [2.05, 4.69) is 127 Å². The molecule has 0 bridgehead atoms. The zero-order valence-corrected chi connectivity index (χ0v) is 28.0. The monoisotopic (exact) mass is 656 g/mol. The van der Waals surface area contributed by atoms with Gasteiger partial charge in [0, 0.05) is 44.1 Å². The van der Waals surface area contributed by atoms with Gasteiger partial charge < -0.3 is 8.98 Å². The SMILES string of the molecule is C=C/C=C\c1c(C)n(-c2cccc3c2oc2cc(-c4nc(-c5ccccc5)nc(-c5ccc(-c6ccccc6)cc5)n4)ccc23)c2ccccc12. The van der Waals surface area contributed by atoms with Crippen LogP contribution in [0.2, 0.25) is 0 Å². The summed E-state index contributed by atoms with van der Waals surface area (Å²) in [7, 11) is 0. The Morgan fingerprint density at radius 1 is 0.549 bits per heavy atom. The van der Waals surface area contributed by atoms with Gasteiger partial charge in [-0.05, 0) is 42.3 Å². The van der Waals surface area contributed by atoms with Gasteiger partial charge in [-0.2, -0.15) is 0 Å². The van der Waals surface area contributed by atoms with Crippen LogP contribution in [0, 0.1) is 6.92 Å². The Morgan fingerprint density at radius 2 is 1.12 bits per heavy atom. The number of fused-ring (bicyclic) bond motifs is 4. The second-order valence-corrected chi connectivity index (χ2v) is 12.5. The molecule has 0 aliphatic carbocycles. The van der Waals surface area contributed by atoms with Crippen LogP contribution in [0.1, 0.15) is 11.3 Å². The number of nitrogens with zero attached hydrogens (tertiary/aromatic N) is 4. The third-order valence-electron chi connectivity index (χ3n) is 9.45. The summed E-state index contributed by atoms with van der Waals surface area (Å²) in [5.74, 6) is 1.81. The van der Waals surface area contributed by atoms with Gasteiger partial charge in [-0.15, -0.1) is 0 Å². The van der Waals surface area contributed by atoms with Gasteiger partial charge in [0.2, 0.25) is 0 Å². The summed E-state index contributed by atoms with van der Waals surface area (Å²) in [5, 5.41) is 3.26. The van der Waals surface area contributed by atoms with E-state index in [0.717, 1.165) is 72.2 Å². The van der Waals surface area contributed by atoms with Crippen LogP contribution < -0.4 is 0 Å². The van der Waals surface area contributed by atoms with Gasteiger partial charge >= 0.3 is 0 Å². The quantitative estimate of drug-likeness (QED) is 0.160. The minimum absolute atomic E-state index is 0.583. The van der Waals surface area contributed by atoms with Crippen molar-refractivity contribution in [3.63, 3.8) is 0 Å². The molecule has 6 aromatic carbocycles. The van der Waals surface area contributed by atoms with Crippen LogP contribution >= 0.6 is 0 Å². The van der Waals surface area contributed by atoms with Gasteiger partial charge in [0.05, 0.1) is 11.2 Å². The highest BCUT2D eigenvalue weighted by Crippen LogP contribution is 2.38. The molecule has 0 aliphatic heterocycles. The predicted molar refractivity (Wildman–Crippen MR) is 210 cm³/mol. The van der Waals surface area contributed by atoms with E-state index >= 15 is 0 Å². The molecule has 5 heteroatoms. The molecule has 0 atom stereocenters. The van der Waals surface area contributed by atoms with Crippen LogP contribution in [0.25, 0.3) is 89.9 Å². The van der Waals surface area contributed by atoms with Crippen LogP contribution in [0.15, 0.2) is 169 Å². The topological polar surface area (TPSA) is 56.7 Å². The highest BCUT2D eigenvalue weighted by Gasteiger charge is 2.19. The molecule has 9 aromatic rings. The molecule has 242 valence electrons. The molecule has 0 saturated carbocycles. The zero-order valence-electron chi connectivity index (χ0n) is 28.0. The van der Waals surface area contributed by atoms with E-state index in [1.807, 2.05) is 54.6 Å². The molecule has 0 fully saturated rings. The average molecular weight is 657 g/mol. The normalized spacial score (nSPS) is 11.6. The second kappa shape index (κ2) is 12.6. The van der Waals surface area contributed by atoms with Crippen molar-refractivity contribution in [2.24, 2.45) is 0 Å². The summed E-state index contributed by atoms with van der Waals surface area (Å²) < 4.78 is 9.04. The van der Waals surface area contributed by atoms with Crippen molar-refractivity contribution in [2.75, 3.05) is 0 Å². The Bertz CT molecular complexity index is 2760. The Morgan fingerprint density at radius 3 is 1.84 bits per heavy atom. The number of allylic oxidation sites excluding steroid dienone is 2. The zero-order chi connectivity index (χ0) is 34.3. The molecule has 0 spiro atoms. The molecule has 0 unspecified atom stereocenters. The molecule has 3 heterocycles. The number of aromatic nitrogens is 4. The Balaban J connectivity index is 1.18. The Kier molecular flexibility index (Phi) is 7.44. The largest absolute Gasteiger partial charge is 0.454 e. The van der Waals surface area contributed by atoms with Crippen molar-refractivity contribution in [1.29, 1.82) is 0 Å². The van der Waals surface area contributed by atoms with Gasteiger partial charge in [0.25, 0.3) is 0 Å². The maximum absolute atomic E-state index is 6.75. The molecule has 0 radical (unpaired) electrons. The summed E-state index contributed by atoms with van der Waals surface area (Å²) >= 11 is 0. The number of rotatable bonds is 7. The fourth-order valence-corrected chi connectivity index (χ4v) is 6.97. The second-order valence-electron chi connectivity index (χ2n) is 12.5. The molecule has 0 N–H and O–H groups in total. The first kappa shape index (κ1) is 30.2. The first-order chi connectivity index (χ1) is 25.2. The van der Waals surface area contributed by atoms with Crippen LogP contribution in [0.3, 0.4) is 0 Å². The van der Waals surface area contributed by atoms with Gasteiger partial charge in [-0.25, -0.2) is 15.0 Å². The highest BCUT2D eigenvalue weighted by molar-refractivity contribution is 6.09. The number of hydrogen-bond acceptors (Lipinski definition) is 4. The fourth-order valence-electron chi connectivity index (χ4n) is 6.97. The van der Waals surface area contributed by atoms with Crippen LogP contribution in [0.4, 0.5) is 0 Å². The minimum atomic E-state index is 0.583. The van der Waals surface area contributed by atoms with Crippen molar-refractivity contribution >= 4 is 38.9 Å². The average Bonchev–Trinajstić information content (AvgIpc) is 3.71. The van der Waals surface area contributed by atoms with E-state index in [1.54, 1.807) is 0 Å². The molecule has 0 aliphatic rings. The van der Waals surface area contributed by atoms with Crippen LogP contribution in [0.5, 0.6) is 0 Å². The van der Waals surface area contributed by atoms with Gasteiger partial charge in [-0.1, -0.05) is 146 Å². The third kappa shape index (κ3) is 5.32. The van der Waals surface area contributed by atoms with E-state index in [9.17, 15) is 0 Å². The molecule has 9 rings (SSSR count). The Labute approximate surface area is 295 Å². The lowest BCUT2D eigenvalue weighted by Gasteiger charge is -2.09. The van der Waals surface area contributed by atoms with Gasteiger partial charge in [-0.3, -0.25) is 0 Å². The van der Waals surface area contributed by atoms with E-state index in [-0.39, 0.29) is 0 Å². The fraction of sp³-hybridized carbons (Fsp3) is 0.0217. The lowest BCUT2D eigenvalue weighted by molar-refractivity contribution is 0.665. The van der Waals surface area contributed by atoms with Crippen molar-refractivity contribution in [3.8, 4) is 51.0 Å². The van der Waals surface area contributed by atoms with Crippen molar-refractivity contribution < 1.29 is 4.42 Å². The first-order valence-corrected chi connectivity index (χ1v) is 17.0. The lowest BCUT2D eigenvalue weighted by Crippen LogP contribution is -2.00. The molecule has 0 amide bonds. The summed E-state index contributed by atoms with van der Waals surface area (Å²) in [4.78, 5) is 14.9. The highest BCUT2D eigenvalue weighted by atomic mass is 16.3. The molecular formula is C46H32N4O. The Hall–Kier alpha value is -6.85. The third-order valence-corrected chi connectivity index (χ3v) is 9.45. The van der Waals surface area contributed by atoms with Gasteiger partial charge in [0.1, 0.15) is 5.58 Å². The van der Waals surface area contributed by atoms with Crippen molar-refractivity contribution in [3.05, 3.63) is 176 Å². The van der Waals surface area contributed by atoms with E-state index in [4.69, 9.17) is 19.4 Å². The maximum atomic E-state index is 6.75. The number of furan rings is 1. The maximum Gasteiger partial charge on any atom is 0.164 e. The summed E-state index contributed by atoms with van der Waals surface area (Å²) in [6.45, 7) is 6.03. The molecule has 3 aromatic heterocycles. The lowest BCUT2D eigenvalue weighted by atomic mass is 10.0. The summed E-state index contributed by atoms with van der Waals surface area (Å²) in [6, 6.07) is 49.8. The van der Waals surface area contributed by atoms with Crippen molar-refractivity contribution in [1.82, 2.24) is 19.5 Å². The van der Waals surface area contributed by atoms with Crippen LogP contribution in [-0.4, -0.2) is 19.5 Å². The summed E-state index contributed by atoms with van der Waals surface area (Å²) in [5.41, 5.74) is 11.0. The molecule has 51 heavy (non-hydrogen) atoms. The van der Waals surface area contributed by atoms with E-state index in [0.29, 0.717) is 17.5 Å². The smallest absolute Gasteiger partial charge is 0.164 e. The molecular weight excluding hydrogens is 625 g/mol. The number of para-hydroxylation sites is 2. The first-order valence-electron chi connectivity index (χ1n) is 17.0. The minimum Gasteiger partial charge on any atom is -0.454 e. The van der Waals surface area contributed by atoms with Crippen LogP contribution in [-0.2, 0) is 0 Å². The van der Waals surface area contributed by atoms with Gasteiger partial charge in [0.15, 0.2) is 23.1 Å². The summed E-state index contributed by atoms with van der Waals surface area (Å²) in [6.07, 6.45) is 5.91. The molecule has 0 saturated heterocycles. The molecule has 5 nitrogen and oxygen atoms in total.